The molecule has 1 aliphatic rings. The molecule has 0 saturated carbocycles. The summed E-state index contributed by atoms with van der Waals surface area (Å²) < 4.78 is 20.2. The zero-order chi connectivity index (χ0) is 16.5. The summed E-state index contributed by atoms with van der Waals surface area (Å²) in [4.78, 5) is 0. The maximum atomic E-state index is 13.2. The van der Waals surface area contributed by atoms with E-state index in [2.05, 4.69) is 20.8 Å². The molecule has 3 aromatic rings. The first-order valence-corrected chi connectivity index (χ1v) is 7.68. The summed E-state index contributed by atoms with van der Waals surface area (Å²) in [6.45, 7) is 0. The number of halogens is 1. The second kappa shape index (κ2) is 5.92. The molecule has 1 N–H and O–H groups in total. The Morgan fingerprint density at radius 2 is 1.79 bits per heavy atom. The van der Waals surface area contributed by atoms with Crippen molar-refractivity contribution < 1.29 is 9.13 Å². The zero-order valence-electron chi connectivity index (χ0n) is 13.1. The lowest BCUT2D eigenvalue weighted by Crippen LogP contribution is -2.28. The van der Waals surface area contributed by atoms with Crippen LogP contribution in [0, 0.1) is 5.82 Å². The molecule has 0 saturated heterocycles. The number of hydrogen-bond acceptors (Lipinski definition) is 5. The quantitative estimate of drug-likeness (QED) is 0.802. The fourth-order valence-electron chi connectivity index (χ4n) is 3.05. The number of benzene rings is 2. The van der Waals surface area contributed by atoms with E-state index in [1.54, 1.807) is 23.9 Å². The van der Waals surface area contributed by atoms with Gasteiger partial charge in [-0.3, -0.25) is 0 Å². The Labute approximate surface area is 138 Å². The van der Waals surface area contributed by atoms with Crippen molar-refractivity contribution in [2.45, 2.75) is 18.5 Å². The summed E-state index contributed by atoms with van der Waals surface area (Å²) >= 11 is 0. The van der Waals surface area contributed by atoms with E-state index in [9.17, 15) is 4.39 Å². The summed E-state index contributed by atoms with van der Waals surface area (Å²) in [6, 6.07) is 14.4. The second-order valence-electron chi connectivity index (χ2n) is 5.72. The molecule has 0 aliphatic carbocycles. The monoisotopic (exact) mass is 325 g/mol. The minimum absolute atomic E-state index is 0.0519. The minimum Gasteiger partial charge on any atom is -0.497 e. The molecular weight excluding hydrogens is 309 g/mol. The van der Waals surface area contributed by atoms with E-state index in [1.165, 1.54) is 12.1 Å². The van der Waals surface area contributed by atoms with Crippen LogP contribution in [0.5, 0.6) is 5.75 Å². The van der Waals surface area contributed by atoms with E-state index in [0.29, 0.717) is 5.95 Å². The van der Waals surface area contributed by atoms with Crippen LogP contribution in [0.4, 0.5) is 10.3 Å². The van der Waals surface area contributed by atoms with E-state index >= 15 is 0 Å². The van der Waals surface area contributed by atoms with Crippen molar-refractivity contribution in [1.29, 1.82) is 0 Å². The highest BCUT2D eigenvalue weighted by Crippen LogP contribution is 2.37. The predicted molar refractivity (Wildman–Crippen MR) is 86.3 cm³/mol. The SMILES string of the molecule is COc1ccc(C2CC(c3ccc(F)cc3)n3nnnc3N2)cc1. The molecule has 6 nitrogen and oxygen atoms in total. The van der Waals surface area contributed by atoms with Gasteiger partial charge in [-0.2, -0.15) is 0 Å². The van der Waals surface area contributed by atoms with Crippen LogP contribution in [0.1, 0.15) is 29.6 Å². The Morgan fingerprint density at radius 3 is 2.50 bits per heavy atom. The highest BCUT2D eigenvalue weighted by Gasteiger charge is 2.30. The van der Waals surface area contributed by atoms with Gasteiger partial charge in [-0.1, -0.05) is 29.4 Å². The molecule has 1 aliphatic heterocycles. The maximum Gasteiger partial charge on any atom is 0.243 e. The number of ether oxygens (including phenoxy) is 1. The smallest absolute Gasteiger partial charge is 0.243 e. The van der Waals surface area contributed by atoms with Crippen molar-refractivity contribution >= 4 is 5.95 Å². The Kier molecular flexibility index (Phi) is 3.60. The van der Waals surface area contributed by atoms with Gasteiger partial charge in [0, 0.05) is 0 Å². The first-order chi connectivity index (χ1) is 11.7. The number of aromatic nitrogens is 4. The van der Waals surface area contributed by atoms with Gasteiger partial charge in [0.25, 0.3) is 0 Å². The average Bonchev–Trinajstić information content (AvgIpc) is 3.10. The molecule has 2 heterocycles. The number of nitrogens with one attached hydrogen (secondary N) is 1. The Bertz CT molecular complexity index is 831. The van der Waals surface area contributed by atoms with Crippen LogP contribution < -0.4 is 10.1 Å². The van der Waals surface area contributed by atoms with Gasteiger partial charge < -0.3 is 10.1 Å². The van der Waals surface area contributed by atoms with Crippen LogP contribution in [0.25, 0.3) is 0 Å². The highest BCUT2D eigenvalue weighted by molar-refractivity contribution is 5.39. The summed E-state index contributed by atoms with van der Waals surface area (Å²) in [5, 5.41) is 15.2. The molecule has 0 fully saturated rings. The Morgan fingerprint density at radius 1 is 1.08 bits per heavy atom. The summed E-state index contributed by atoms with van der Waals surface area (Å²) in [7, 11) is 1.65. The van der Waals surface area contributed by atoms with Crippen molar-refractivity contribution in [3.05, 3.63) is 65.5 Å². The summed E-state index contributed by atoms with van der Waals surface area (Å²) in [5.41, 5.74) is 2.10. The fourth-order valence-corrected chi connectivity index (χ4v) is 3.05. The number of fused-ring (bicyclic) bond motifs is 1. The van der Waals surface area contributed by atoms with Gasteiger partial charge in [-0.25, -0.2) is 9.07 Å². The van der Waals surface area contributed by atoms with Crippen LogP contribution >= 0.6 is 0 Å². The van der Waals surface area contributed by atoms with Gasteiger partial charge in [-0.05, 0) is 52.2 Å². The van der Waals surface area contributed by atoms with E-state index in [-0.39, 0.29) is 17.9 Å². The molecule has 2 aromatic carbocycles. The molecule has 2 atom stereocenters. The molecule has 1 aromatic heterocycles. The highest BCUT2D eigenvalue weighted by atomic mass is 19.1. The molecule has 0 bridgehead atoms. The predicted octanol–water partition coefficient (Wildman–Crippen LogP) is 2.97. The number of tetrazole rings is 1. The van der Waals surface area contributed by atoms with Crippen molar-refractivity contribution in [2.75, 3.05) is 12.4 Å². The molecular formula is C17H16FN5O. The van der Waals surface area contributed by atoms with Gasteiger partial charge in [0.05, 0.1) is 19.2 Å². The lowest BCUT2D eigenvalue weighted by atomic mass is 9.93. The normalized spacial score (nSPS) is 19.4. The van der Waals surface area contributed by atoms with Crippen molar-refractivity contribution in [3.8, 4) is 5.75 Å². The van der Waals surface area contributed by atoms with E-state index in [1.807, 2.05) is 24.3 Å². The van der Waals surface area contributed by atoms with Crippen molar-refractivity contribution in [3.63, 3.8) is 0 Å². The van der Waals surface area contributed by atoms with E-state index in [0.717, 1.165) is 23.3 Å². The number of hydrogen-bond donors (Lipinski definition) is 1. The third-order valence-electron chi connectivity index (χ3n) is 4.32. The maximum absolute atomic E-state index is 13.2. The number of nitrogens with zero attached hydrogens (tertiary/aromatic N) is 4. The third kappa shape index (κ3) is 2.58. The topological polar surface area (TPSA) is 64.9 Å². The van der Waals surface area contributed by atoms with Gasteiger partial charge >= 0.3 is 0 Å². The fraction of sp³-hybridized carbons (Fsp3) is 0.235. The first kappa shape index (κ1) is 14.6. The zero-order valence-corrected chi connectivity index (χ0v) is 13.1. The minimum atomic E-state index is -0.253. The van der Waals surface area contributed by atoms with Gasteiger partial charge in [0.2, 0.25) is 5.95 Å². The van der Waals surface area contributed by atoms with Crippen molar-refractivity contribution in [1.82, 2.24) is 20.2 Å². The molecule has 122 valence electrons. The molecule has 0 radical (unpaired) electrons. The molecule has 0 spiro atoms. The molecule has 4 rings (SSSR count). The van der Waals surface area contributed by atoms with Gasteiger partial charge in [0.1, 0.15) is 11.6 Å². The number of methoxy groups -OCH3 is 1. The van der Waals surface area contributed by atoms with Crippen LogP contribution in [-0.2, 0) is 0 Å². The lowest BCUT2D eigenvalue weighted by Gasteiger charge is -2.31. The third-order valence-corrected chi connectivity index (χ3v) is 4.32. The number of anilines is 1. The summed E-state index contributed by atoms with van der Waals surface area (Å²) in [5.74, 6) is 1.17. The summed E-state index contributed by atoms with van der Waals surface area (Å²) in [6.07, 6.45) is 0.760. The Hall–Kier alpha value is -2.96. The average molecular weight is 325 g/mol. The van der Waals surface area contributed by atoms with Crippen LogP contribution in [0.15, 0.2) is 48.5 Å². The molecule has 2 unspecified atom stereocenters. The molecule has 7 heteroatoms. The van der Waals surface area contributed by atoms with Crippen LogP contribution in [-0.4, -0.2) is 27.3 Å². The van der Waals surface area contributed by atoms with Crippen molar-refractivity contribution in [2.24, 2.45) is 0 Å². The lowest BCUT2D eigenvalue weighted by molar-refractivity contribution is 0.412. The van der Waals surface area contributed by atoms with Gasteiger partial charge in [0.15, 0.2) is 0 Å². The van der Waals surface area contributed by atoms with E-state index in [4.69, 9.17) is 4.74 Å². The van der Waals surface area contributed by atoms with Gasteiger partial charge in [-0.15, -0.1) is 0 Å². The van der Waals surface area contributed by atoms with E-state index < -0.39 is 0 Å². The number of rotatable bonds is 3. The largest absolute Gasteiger partial charge is 0.497 e. The first-order valence-electron chi connectivity index (χ1n) is 7.68. The standard InChI is InChI=1S/C17H16FN5O/c1-24-14-8-4-11(5-9-14)15-10-16(12-2-6-13(18)7-3-12)23-17(19-15)20-21-22-23/h2-9,15-16H,10H2,1H3,(H,19,20,22). The Balaban J connectivity index is 1.68. The second-order valence-corrected chi connectivity index (χ2v) is 5.72. The molecule has 0 amide bonds. The molecule has 24 heavy (non-hydrogen) atoms. The van der Waals surface area contributed by atoms with Crippen LogP contribution in [0.3, 0.4) is 0 Å². The van der Waals surface area contributed by atoms with Crippen LogP contribution in [0.2, 0.25) is 0 Å².